The zero-order valence-corrected chi connectivity index (χ0v) is 15.4. The summed E-state index contributed by atoms with van der Waals surface area (Å²) in [5, 5.41) is 0.249. The monoisotopic (exact) mass is 387 g/mol. The van der Waals surface area contributed by atoms with Gasteiger partial charge in [0.25, 0.3) is 5.56 Å². The molecule has 4 rings (SSSR count). The molecule has 7 heteroatoms. The van der Waals surface area contributed by atoms with Crippen LogP contribution in [0.15, 0.2) is 82.6 Å². The van der Waals surface area contributed by atoms with E-state index in [-0.39, 0.29) is 24.1 Å². The van der Waals surface area contributed by atoms with Gasteiger partial charge in [0.2, 0.25) is 0 Å². The van der Waals surface area contributed by atoms with Gasteiger partial charge in [-0.2, -0.15) is 0 Å². The first-order valence-corrected chi connectivity index (χ1v) is 8.98. The molecule has 0 unspecified atom stereocenters. The molecule has 2 heterocycles. The molecular formula is C22H17N3O4. The highest BCUT2D eigenvalue weighted by atomic mass is 16.5. The van der Waals surface area contributed by atoms with E-state index in [1.165, 1.54) is 18.2 Å². The lowest BCUT2D eigenvalue weighted by atomic mass is 10.1. The zero-order valence-electron chi connectivity index (χ0n) is 15.4. The molecule has 1 N–H and O–H groups in total. The molecule has 0 spiro atoms. The predicted molar refractivity (Wildman–Crippen MR) is 108 cm³/mol. The van der Waals surface area contributed by atoms with Gasteiger partial charge < -0.3 is 9.72 Å². The number of nitrogens with zero attached hydrogens (tertiary/aromatic N) is 2. The summed E-state index contributed by atoms with van der Waals surface area (Å²) in [6.07, 6.45) is 3.23. The number of nitrogens with one attached hydrogen (secondary N) is 1. The van der Waals surface area contributed by atoms with E-state index in [1.54, 1.807) is 24.5 Å². The minimum absolute atomic E-state index is 0.100. The number of esters is 1. The highest BCUT2D eigenvalue weighted by Gasteiger charge is 2.13. The molecule has 4 aromatic rings. The second kappa shape index (κ2) is 7.93. The van der Waals surface area contributed by atoms with Crippen LogP contribution in [0, 0.1) is 0 Å². The number of fused-ring (bicyclic) bond motifs is 1. The van der Waals surface area contributed by atoms with Crippen molar-refractivity contribution in [1.82, 2.24) is 14.5 Å². The van der Waals surface area contributed by atoms with Crippen LogP contribution in [0.2, 0.25) is 0 Å². The van der Waals surface area contributed by atoms with Crippen molar-refractivity contribution in [1.29, 1.82) is 0 Å². The van der Waals surface area contributed by atoms with Crippen molar-refractivity contribution >= 4 is 16.9 Å². The van der Waals surface area contributed by atoms with Gasteiger partial charge in [-0.3, -0.25) is 14.3 Å². The number of H-pyrrole nitrogens is 1. The van der Waals surface area contributed by atoms with Crippen LogP contribution in [0.25, 0.3) is 10.9 Å². The summed E-state index contributed by atoms with van der Waals surface area (Å²) in [6, 6.07) is 17.2. The lowest BCUT2D eigenvalue weighted by molar-refractivity contribution is 0.0473. The van der Waals surface area contributed by atoms with Crippen molar-refractivity contribution in [3.63, 3.8) is 0 Å². The highest BCUT2D eigenvalue weighted by molar-refractivity contribution is 5.94. The van der Waals surface area contributed by atoms with Crippen molar-refractivity contribution in [2.24, 2.45) is 0 Å². The molecule has 0 radical (unpaired) electrons. The van der Waals surface area contributed by atoms with Crippen LogP contribution in [0.1, 0.15) is 21.5 Å². The van der Waals surface area contributed by atoms with E-state index in [9.17, 15) is 14.4 Å². The first-order valence-electron chi connectivity index (χ1n) is 8.98. The molecule has 0 saturated carbocycles. The molecule has 2 aromatic heterocycles. The minimum Gasteiger partial charge on any atom is -0.457 e. The fraction of sp³-hybridized carbons (Fsp3) is 0.0909. The summed E-state index contributed by atoms with van der Waals surface area (Å²) in [6.45, 7) is 0.241. The van der Waals surface area contributed by atoms with Crippen LogP contribution < -0.4 is 11.2 Å². The Bertz CT molecular complexity index is 1280. The number of benzene rings is 2. The molecule has 2 aromatic carbocycles. The fourth-order valence-electron chi connectivity index (χ4n) is 3.00. The van der Waals surface area contributed by atoms with Crippen LogP contribution in [0.4, 0.5) is 0 Å². The van der Waals surface area contributed by atoms with E-state index < -0.39 is 17.2 Å². The maximum Gasteiger partial charge on any atom is 0.338 e. The third kappa shape index (κ3) is 3.98. The van der Waals surface area contributed by atoms with Crippen molar-refractivity contribution in [2.45, 2.75) is 13.2 Å². The van der Waals surface area contributed by atoms with Crippen LogP contribution in [-0.4, -0.2) is 20.5 Å². The van der Waals surface area contributed by atoms with Gasteiger partial charge in [-0.05, 0) is 41.5 Å². The number of carbonyl (C=O) groups excluding carboxylic acids is 1. The number of aromatic nitrogens is 3. The van der Waals surface area contributed by atoms with Crippen molar-refractivity contribution < 1.29 is 9.53 Å². The molecule has 0 aliphatic carbocycles. The number of ether oxygens (including phenoxy) is 1. The Labute approximate surface area is 165 Å². The average molecular weight is 387 g/mol. The molecule has 0 amide bonds. The quantitative estimate of drug-likeness (QED) is 0.531. The second-order valence-corrected chi connectivity index (χ2v) is 6.50. The van der Waals surface area contributed by atoms with Crippen molar-refractivity contribution in [3.05, 3.63) is 111 Å². The number of hydrogen-bond donors (Lipinski definition) is 1. The van der Waals surface area contributed by atoms with Crippen molar-refractivity contribution in [3.8, 4) is 0 Å². The maximum absolute atomic E-state index is 12.9. The number of pyridine rings is 1. The number of aromatic amines is 1. The first-order chi connectivity index (χ1) is 14.1. The summed E-state index contributed by atoms with van der Waals surface area (Å²) < 4.78 is 6.42. The standard InChI is InChI=1S/C22H17N3O4/c26-20-18-12-17(21(27)29-14-16-8-10-23-11-9-16)6-7-19(18)24-22(28)25(20)13-15-4-2-1-3-5-15/h1-12H,13-14H2,(H,24,28). The molecule has 0 aliphatic heterocycles. The Morgan fingerprint density at radius 1 is 0.966 bits per heavy atom. The first kappa shape index (κ1) is 18.4. The lowest BCUT2D eigenvalue weighted by Crippen LogP contribution is -2.35. The van der Waals surface area contributed by atoms with Crippen LogP contribution in [-0.2, 0) is 17.9 Å². The van der Waals surface area contributed by atoms with E-state index in [0.29, 0.717) is 5.52 Å². The Kier molecular flexibility index (Phi) is 5.03. The van der Waals surface area contributed by atoms with Gasteiger partial charge in [-0.25, -0.2) is 9.59 Å². The van der Waals surface area contributed by atoms with Crippen LogP contribution in [0.3, 0.4) is 0 Å². The molecule has 0 saturated heterocycles. The zero-order chi connectivity index (χ0) is 20.2. The minimum atomic E-state index is -0.552. The maximum atomic E-state index is 12.9. The summed E-state index contributed by atoms with van der Waals surface area (Å²) in [4.78, 5) is 44.2. The summed E-state index contributed by atoms with van der Waals surface area (Å²) >= 11 is 0. The van der Waals surface area contributed by atoms with E-state index >= 15 is 0 Å². The summed E-state index contributed by atoms with van der Waals surface area (Å²) in [5.41, 5.74) is 1.28. The average Bonchev–Trinajstić information content (AvgIpc) is 2.76. The Morgan fingerprint density at radius 2 is 1.72 bits per heavy atom. The molecule has 0 fully saturated rings. The summed E-state index contributed by atoms with van der Waals surface area (Å²) in [7, 11) is 0. The number of hydrogen-bond acceptors (Lipinski definition) is 5. The van der Waals surface area contributed by atoms with E-state index in [4.69, 9.17) is 4.74 Å². The van der Waals surface area contributed by atoms with Gasteiger partial charge in [0, 0.05) is 12.4 Å². The highest BCUT2D eigenvalue weighted by Crippen LogP contribution is 2.12. The SMILES string of the molecule is O=C(OCc1ccncc1)c1ccc2[nH]c(=O)n(Cc3ccccc3)c(=O)c2c1. The van der Waals surface area contributed by atoms with Gasteiger partial charge in [0.1, 0.15) is 6.61 Å². The fourth-order valence-corrected chi connectivity index (χ4v) is 3.00. The second-order valence-electron chi connectivity index (χ2n) is 6.50. The van der Waals surface area contributed by atoms with Gasteiger partial charge in [0.15, 0.2) is 0 Å². The Morgan fingerprint density at radius 3 is 2.48 bits per heavy atom. The largest absolute Gasteiger partial charge is 0.457 e. The number of carbonyl (C=O) groups is 1. The predicted octanol–water partition coefficient (Wildman–Crippen LogP) is 2.49. The van der Waals surface area contributed by atoms with Crippen LogP contribution in [0.5, 0.6) is 0 Å². The van der Waals surface area contributed by atoms with Gasteiger partial charge in [-0.1, -0.05) is 30.3 Å². The van der Waals surface area contributed by atoms with Crippen molar-refractivity contribution in [2.75, 3.05) is 0 Å². The third-order valence-electron chi connectivity index (χ3n) is 4.52. The molecule has 29 heavy (non-hydrogen) atoms. The van der Waals surface area contributed by atoms with Gasteiger partial charge in [0.05, 0.1) is 23.0 Å². The van der Waals surface area contributed by atoms with Crippen LogP contribution >= 0.6 is 0 Å². The smallest absolute Gasteiger partial charge is 0.338 e. The topological polar surface area (TPSA) is 94.0 Å². The Hall–Kier alpha value is -4.00. The molecule has 0 bridgehead atoms. The molecular weight excluding hydrogens is 370 g/mol. The summed E-state index contributed by atoms with van der Waals surface area (Å²) in [5.74, 6) is -0.552. The molecule has 0 atom stereocenters. The third-order valence-corrected chi connectivity index (χ3v) is 4.52. The molecule has 144 valence electrons. The van der Waals surface area contributed by atoms with Gasteiger partial charge >= 0.3 is 11.7 Å². The van der Waals surface area contributed by atoms with E-state index in [1.807, 2.05) is 30.3 Å². The van der Waals surface area contributed by atoms with Gasteiger partial charge in [-0.15, -0.1) is 0 Å². The normalized spacial score (nSPS) is 10.8. The molecule has 0 aliphatic rings. The molecule has 7 nitrogen and oxygen atoms in total. The van der Waals surface area contributed by atoms with E-state index in [0.717, 1.165) is 15.7 Å². The van der Waals surface area contributed by atoms with E-state index in [2.05, 4.69) is 9.97 Å². The Balaban J connectivity index is 1.65. The number of rotatable bonds is 5. The lowest BCUT2D eigenvalue weighted by Gasteiger charge is -2.08.